The zero-order valence-corrected chi connectivity index (χ0v) is 18.8. The fraction of sp³-hybridized carbons (Fsp3) is 0.0417. The van der Waals surface area contributed by atoms with Crippen LogP contribution in [0.1, 0.15) is 21.1 Å². The van der Waals surface area contributed by atoms with Crippen molar-refractivity contribution in [3.05, 3.63) is 99.1 Å². The van der Waals surface area contributed by atoms with Crippen molar-refractivity contribution >= 4 is 56.2 Å². The topological polar surface area (TPSA) is 68.0 Å². The average Bonchev–Trinajstić information content (AvgIpc) is 3.39. The lowest BCUT2D eigenvalue weighted by Crippen LogP contribution is -2.11. The zero-order valence-electron chi connectivity index (χ0n) is 16.5. The minimum atomic E-state index is -0.316. The number of nitrogens with one attached hydrogen (secondary N) is 1. The summed E-state index contributed by atoms with van der Waals surface area (Å²) in [6.45, 7) is 0. The molecule has 0 unspecified atom stereocenters. The van der Waals surface area contributed by atoms with Gasteiger partial charge in [0.15, 0.2) is 5.82 Å². The van der Waals surface area contributed by atoms with Gasteiger partial charge in [-0.15, -0.1) is 11.3 Å². The Hall–Kier alpha value is -3.19. The molecule has 5 aromatic rings. The Morgan fingerprint density at radius 2 is 1.78 bits per heavy atom. The summed E-state index contributed by atoms with van der Waals surface area (Å²) in [7, 11) is 0. The Morgan fingerprint density at radius 1 is 1.00 bits per heavy atom. The lowest BCUT2D eigenvalue weighted by Gasteiger charge is -2.07. The molecule has 0 bridgehead atoms. The number of thiophene rings is 1. The lowest BCUT2D eigenvalue weighted by atomic mass is 10.1. The fourth-order valence-electron chi connectivity index (χ4n) is 3.36. The molecule has 1 N–H and O–H groups in total. The maximum Gasteiger partial charge on any atom is 0.267 e. The first kappa shape index (κ1) is 20.7. The van der Waals surface area contributed by atoms with Crippen molar-refractivity contribution in [2.45, 2.75) is 6.42 Å². The summed E-state index contributed by atoms with van der Waals surface area (Å²) in [5, 5.41) is 8.80. The van der Waals surface area contributed by atoms with Crippen LogP contribution < -0.4 is 5.32 Å². The van der Waals surface area contributed by atoms with Crippen molar-refractivity contribution in [3.63, 3.8) is 0 Å². The number of para-hydroxylation sites is 1. The molecule has 3 aromatic carbocycles. The van der Waals surface area contributed by atoms with Gasteiger partial charge < -0.3 is 9.84 Å². The summed E-state index contributed by atoms with van der Waals surface area (Å²) in [6, 6.07) is 22.5. The highest BCUT2D eigenvalue weighted by molar-refractivity contribution is 7.21. The maximum absolute atomic E-state index is 13.0. The smallest absolute Gasteiger partial charge is 0.267 e. The number of benzene rings is 3. The third-order valence-electron chi connectivity index (χ3n) is 4.88. The monoisotopic (exact) mass is 479 g/mol. The van der Waals surface area contributed by atoms with Crippen LogP contribution in [-0.4, -0.2) is 16.0 Å². The van der Waals surface area contributed by atoms with E-state index in [9.17, 15) is 4.79 Å². The molecule has 2 heterocycles. The third-order valence-corrected chi connectivity index (χ3v) is 6.77. The normalized spacial score (nSPS) is 11.1. The van der Waals surface area contributed by atoms with E-state index in [-0.39, 0.29) is 5.91 Å². The molecule has 0 atom stereocenters. The molecule has 0 radical (unpaired) electrons. The van der Waals surface area contributed by atoms with Crippen LogP contribution in [0.5, 0.6) is 0 Å². The second-order valence-corrected chi connectivity index (χ2v) is 8.93. The highest BCUT2D eigenvalue weighted by atomic mass is 35.5. The summed E-state index contributed by atoms with van der Waals surface area (Å²) in [6.07, 6.45) is 0.554. The molecular formula is C24H15Cl2N3O2S. The van der Waals surface area contributed by atoms with Gasteiger partial charge in [0, 0.05) is 21.5 Å². The summed E-state index contributed by atoms with van der Waals surface area (Å²) in [4.78, 5) is 18.0. The van der Waals surface area contributed by atoms with Crippen LogP contribution in [0.2, 0.25) is 10.0 Å². The van der Waals surface area contributed by atoms with E-state index in [4.69, 9.17) is 27.7 Å². The van der Waals surface area contributed by atoms with E-state index in [1.807, 2.05) is 54.6 Å². The van der Waals surface area contributed by atoms with Gasteiger partial charge in [-0.2, -0.15) is 4.98 Å². The van der Waals surface area contributed by atoms with Crippen LogP contribution in [0.15, 0.2) is 77.3 Å². The van der Waals surface area contributed by atoms with Gasteiger partial charge in [-0.3, -0.25) is 4.79 Å². The predicted molar refractivity (Wildman–Crippen MR) is 129 cm³/mol. The number of carbonyl (C=O) groups is 1. The fourth-order valence-corrected chi connectivity index (χ4v) is 5.04. The molecule has 0 aliphatic carbocycles. The van der Waals surface area contributed by atoms with Gasteiger partial charge in [-0.25, -0.2) is 0 Å². The highest BCUT2D eigenvalue weighted by Crippen LogP contribution is 2.37. The molecule has 8 heteroatoms. The SMILES string of the molecule is O=C(Nc1ccccc1-c1nc(Cc2ccccc2)no1)c1sc2cc(Cl)ccc2c1Cl. The zero-order chi connectivity index (χ0) is 22.1. The Balaban J connectivity index is 1.42. The number of nitrogens with zero attached hydrogens (tertiary/aromatic N) is 2. The van der Waals surface area contributed by atoms with Crippen molar-refractivity contribution in [2.75, 3.05) is 5.32 Å². The summed E-state index contributed by atoms with van der Waals surface area (Å²) >= 11 is 13.8. The Bertz CT molecular complexity index is 1430. The minimum Gasteiger partial charge on any atom is -0.334 e. The first-order valence-corrected chi connectivity index (χ1v) is 11.3. The quantitative estimate of drug-likeness (QED) is 0.291. The van der Waals surface area contributed by atoms with Crippen molar-refractivity contribution in [2.24, 2.45) is 0 Å². The number of anilines is 1. The lowest BCUT2D eigenvalue weighted by molar-refractivity contribution is 0.103. The molecular weight excluding hydrogens is 465 g/mol. The molecule has 0 saturated heterocycles. The molecule has 158 valence electrons. The third kappa shape index (κ3) is 4.12. The molecule has 2 aromatic heterocycles. The standard InChI is InChI=1S/C24H15Cl2N3O2S/c25-15-10-11-17-19(13-15)32-22(21(17)26)23(30)27-18-9-5-4-8-16(18)24-28-20(29-31-24)12-14-6-2-1-3-7-14/h1-11,13H,12H2,(H,27,30). The van der Waals surface area contributed by atoms with E-state index in [2.05, 4.69) is 15.5 Å². The van der Waals surface area contributed by atoms with Gasteiger partial charge in [0.25, 0.3) is 11.8 Å². The van der Waals surface area contributed by atoms with Gasteiger partial charge >= 0.3 is 0 Å². The highest BCUT2D eigenvalue weighted by Gasteiger charge is 2.20. The molecule has 5 nitrogen and oxygen atoms in total. The first-order valence-electron chi connectivity index (χ1n) is 9.73. The Kier molecular flexibility index (Phi) is 5.66. The van der Waals surface area contributed by atoms with Crippen LogP contribution in [-0.2, 0) is 6.42 Å². The van der Waals surface area contributed by atoms with Gasteiger partial charge in [0.1, 0.15) is 4.88 Å². The van der Waals surface area contributed by atoms with Crippen molar-refractivity contribution in [1.29, 1.82) is 0 Å². The van der Waals surface area contributed by atoms with Crippen molar-refractivity contribution < 1.29 is 9.32 Å². The molecule has 0 saturated carbocycles. The van der Waals surface area contributed by atoms with E-state index >= 15 is 0 Å². The number of hydrogen-bond donors (Lipinski definition) is 1. The molecule has 0 aliphatic rings. The largest absolute Gasteiger partial charge is 0.334 e. The molecule has 0 aliphatic heterocycles. The Labute approximate surface area is 197 Å². The second-order valence-electron chi connectivity index (χ2n) is 7.06. The van der Waals surface area contributed by atoms with Gasteiger partial charge in [-0.1, -0.05) is 76.9 Å². The molecule has 1 amide bonds. The molecule has 32 heavy (non-hydrogen) atoms. The van der Waals surface area contributed by atoms with E-state index in [1.165, 1.54) is 11.3 Å². The summed E-state index contributed by atoms with van der Waals surface area (Å²) < 4.78 is 6.34. The van der Waals surface area contributed by atoms with Gasteiger partial charge in [-0.05, 0) is 29.8 Å². The number of hydrogen-bond acceptors (Lipinski definition) is 5. The maximum atomic E-state index is 13.0. The number of amides is 1. The van der Waals surface area contributed by atoms with E-state index in [1.54, 1.807) is 18.2 Å². The molecule has 0 fully saturated rings. The van der Waals surface area contributed by atoms with Crippen LogP contribution >= 0.6 is 34.5 Å². The van der Waals surface area contributed by atoms with Crippen molar-refractivity contribution in [3.8, 4) is 11.5 Å². The number of carbonyl (C=O) groups excluding carboxylic acids is 1. The van der Waals surface area contributed by atoms with Crippen molar-refractivity contribution in [1.82, 2.24) is 10.1 Å². The van der Waals surface area contributed by atoms with E-state index in [0.717, 1.165) is 15.6 Å². The van der Waals surface area contributed by atoms with Crippen LogP contribution in [0.25, 0.3) is 21.5 Å². The number of aromatic nitrogens is 2. The number of fused-ring (bicyclic) bond motifs is 1. The Morgan fingerprint density at radius 3 is 2.62 bits per heavy atom. The second kappa shape index (κ2) is 8.74. The number of rotatable bonds is 5. The number of halogens is 2. The molecule has 5 rings (SSSR count). The van der Waals surface area contributed by atoms with Crippen LogP contribution in [0.3, 0.4) is 0 Å². The summed E-state index contributed by atoms with van der Waals surface area (Å²) in [5.41, 5.74) is 2.27. The van der Waals surface area contributed by atoms with Crippen LogP contribution in [0.4, 0.5) is 5.69 Å². The first-order chi connectivity index (χ1) is 15.6. The predicted octanol–water partition coefficient (Wildman–Crippen LogP) is 7.10. The average molecular weight is 480 g/mol. The minimum absolute atomic E-state index is 0.316. The van der Waals surface area contributed by atoms with E-state index in [0.29, 0.717) is 44.3 Å². The van der Waals surface area contributed by atoms with Crippen LogP contribution in [0, 0.1) is 0 Å². The van der Waals surface area contributed by atoms with Gasteiger partial charge in [0.2, 0.25) is 0 Å². The van der Waals surface area contributed by atoms with Gasteiger partial charge in [0.05, 0.1) is 16.3 Å². The van der Waals surface area contributed by atoms with E-state index < -0.39 is 0 Å². The summed E-state index contributed by atoms with van der Waals surface area (Å²) in [5.74, 6) is 0.585. The molecule has 0 spiro atoms.